The molecule has 0 aromatic heterocycles. The first-order valence-electron chi connectivity index (χ1n) is 2.02. The predicted molar refractivity (Wildman–Crippen MR) is 33.2 cm³/mol. The molecule has 0 bridgehead atoms. The molecule has 1 heteroatoms. The van der Waals surface area contributed by atoms with Gasteiger partial charge in [0.25, 0.3) is 0 Å². The van der Waals surface area contributed by atoms with Crippen molar-refractivity contribution in [2.24, 2.45) is 0 Å². The van der Waals surface area contributed by atoms with Crippen molar-refractivity contribution in [1.82, 2.24) is 0 Å². The number of alkyl halides is 1. The fourth-order valence-electron chi connectivity index (χ4n) is 0.230. The van der Waals surface area contributed by atoms with E-state index in [0.29, 0.717) is 4.83 Å². The van der Waals surface area contributed by atoms with Crippen molar-refractivity contribution < 1.29 is 0 Å². The highest BCUT2D eigenvalue weighted by molar-refractivity contribution is 9.09. The van der Waals surface area contributed by atoms with E-state index in [9.17, 15) is 0 Å². The zero-order chi connectivity index (χ0) is 4.99. The fraction of sp³-hybridized carbons (Fsp3) is 0.600. The van der Waals surface area contributed by atoms with Gasteiger partial charge in [0.1, 0.15) is 0 Å². The first kappa shape index (κ1) is 6.22. The molecule has 0 rings (SSSR count). The Balaban J connectivity index is 2.81. The number of hydrogen-bond acceptors (Lipinski definition) is 0. The number of halogens is 1. The Labute approximate surface area is 47.4 Å². The molecule has 0 nitrogen and oxygen atoms in total. The van der Waals surface area contributed by atoms with Crippen LogP contribution in [0.1, 0.15) is 13.3 Å². The first-order chi connectivity index (χ1) is 2.77. The van der Waals surface area contributed by atoms with Crippen LogP contribution in [0.25, 0.3) is 0 Å². The van der Waals surface area contributed by atoms with Crippen LogP contribution in [0.2, 0.25) is 0 Å². The average molecular weight is 149 g/mol. The van der Waals surface area contributed by atoms with Gasteiger partial charge in [0.05, 0.1) is 0 Å². The van der Waals surface area contributed by atoms with E-state index in [1.807, 2.05) is 6.08 Å². The van der Waals surface area contributed by atoms with Gasteiger partial charge in [-0.2, -0.15) is 0 Å². The van der Waals surface area contributed by atoms with Gasteiger partial charge in [-0.1, -0.05) is 28.9 Å². The van der Waals surface area contributed by atoms with E-state index in [4.69, 9.17) is 0 Å². The summed E-state index contributed by atoms with van der Waals surface area (Å²) in [6.07, 6.45) is 2.96. The molecule has 0 amide bonds. The lowest BCUT2D eigenvalue weighted by molar-refractivity contribution is 1.00. The van der Waals surface area contributed by atoms with Crippen LogP contribution in [-0.4, -0.2) is 4.83 Å². The van der Waals surface area contributed by atoms with Crippen LogP contribution >= 0.6 is 15.9 Å². The fourth-order valence-corrected chi connectivity index (χ4v) is 0.494. The van der Waals surface area contributed by atoms with Gasteiger partial charge in [-0.15, -0.1) is 6.58 Å². The molecule has 0 heterocycles. The molecule has 0 aliphatic carbocycles. The van der Waals surface area contributed by atoms with E-state index in [1.54, 1.807) is 0 Å². The summed E-state index contributed by atoms with van der Waals surface area (Å²) in [5.74, 6) is 0. The number of allylic oxidation sites excluding steroid dienone is 1. The lowest BCUT2D eigenvalue weighted by Gasteiger charge is -1.90. The van der Waals surface area contributed by atoms with Gasteiger partial charge in [0, 0.05) is 4.83 Å². The summed E-state index contributed by atoms with van der Waals surface area (Å²) in [5, 5.41) is 0. The third-order valence-electron chi connectivity index (χ3n) is 0.491. The molecule has 0 aliphatic rings. The molecule has 0 saturated carbocycles. The monoisotopic (exact) mass is 148 g/mol. The van der Waals surface area contributed by atoms with E-state index in [2.05, 4.69) is 29.4 Å². The summed E-state index contributed by atoms with van der Waals surface area (Å²) in [4.78, 5) is 0.593. The summed E-state index contributed by atoms with van der Waals surface area (Å²) in [7, 11) is 0. The van der Waals surface area contributed by atoms with Crippen LogP contribution in [0.15, 0.2) is 12.7 Å². The summed E-state index contributed by atoms with van der Waals surface area (Å²) in [6.45, 7) is 5.67. The molecule has 36 valence electrons. The maximum atomic E-state index is 3.57. The molecule has 0 aromatic rings. The van der Waals surface area contributed by atoms with Crippen LogP contribution < -0.4 is 0 Å². The molecule has 0 N–H and O–H groups in total. The molecule has 0 radical (unpaired) electrons. The quantitative estimate of drug-likeness (QED) is 0.417. The van der Waals surface area contributed by atoms with Gasteiger partial charge in [-0.05, 0) is 6.42 Å². The molecular formula is C5H9Br. The van der Waals surface area contributed by atoms with E-state index in [-0.39, 0.29) is 0 Å². The van der Waals surface area contributed by atoms with Gasteiger partial charge < -0.3 is 0 Å². The Morgan fingerprint density at radius 3 is 2.50 bits per heavy atom. The molecule has 0 fully saturated rings. The minimum Gasteiger partial charge on any atom is -0.103 e. The Morgan fingerprint density at radius 1 is 2.00 bits per heavy atom. The highest BCUT2D eigenvalue weighted by Crippen LogP contribution is 2.01. The molecule has 1 atom stereocenters. The second kappa shape index (κ2) is 3.41. The molecule has 1 unspecified atom stereocenters. The zero-order valence-corrected chi connectivity index (χ0v) is 5.53. The van der Waals surface area contributed by atoms with Gasteiger partial charge >= 0.3 is 0 Å². The standard InChI is InChI=1S/C5H9Br/c1-3-4-5(2)6/h3,5H,1,4H2,2H3. The Morgan fingerprint density at radius 2 is 2.50 bits per heavy atom. The molecule has 0 aliphatic heterocycles. The SMILES string of the molecule is C=CCC(C)Br. The van der Waals surface area contributed by atoms with E-state index in [1.165, 1.54) is 0 Å². The molecule has 0 spiro atoms. The van der Waals surface area contributed by atoms with Gasteiger partial charge in [-0.3, -0.25) is 0 Å². The van der Waals surface area contributed by atoms with Crippen molar-refractivity contribution >= 4 is 15.9 Å². The smallest absolute Gasteiger partial charge is 0.0151 e. The van der Waals surface area contributed by atoms with E-state index < -0.39 is 0 Å². The average Bonchev–Trinajstić information content (AvgIpc) is 1.35. The Kier molecular flexibility index (Phi) is 3.54. The molecule has 6 heavy (non-hydrogen) atoms. The molecule has 0 aromatic carbocycles. The third-order valence-corrected chi connectivity index (χ3v) is 0.865. The van der Waals surface area contributed by atoms with Gasteiger partial charge in [0.15, 0.2) is 0 Å². The lowest BCUT2D eigenvalue weighted by atomic mass is 10.3. The minimum absolute atomic E-state index is 0.593. The van der Waals surface area contributed by atoms with Crippen LogP contribution in [0, 0.1) is 0 Å². The Bertz CT molecular complexity index is 39.2. The topological polar surface area (TPSA) is 0 Å². The highest BCUT2D eigenvalue weighted by Gasteiger charge is 1.85. The van der Waals surface area contributed by atoms with Gasteiger partial charge in [-0.25, -0.2) is 0 Å². The van der Waals surface area contributed by atoms with Crippen molar-refractivity contribution in [3.05, 3.63) is 12.7 Å². The third kappa shape index (κ3) is 4.22. The molecule has 0 saturated heterocycles. The lowest BCUT2D eigenvalue weighted by Crippen LogP contribution is -1.82. The predicted octanol–water partition coefficient (Wildman–Crippen LogP) is 2.35. The summed E-state index contributed by atoms with van der Waals surface area (Å²) in [6, 6.07) is 0. The van der Waals surface area contributed by atoms with Crippen LogP contribution in [0.3, 0.4) is 0 Å². The zero-order valence-electron chi connectivity index (χ0n) is 3.95. The first-order valence-corrected chi connectivity index (χ1v) is 2.94. The van der Waals surface area contributed by atoms with Crippen LogP contribution in [0.4, 0.5) is 0 Å². The summed E-state index contributed by atoms with van der Waals surface area (Å²) >= 11 is 3.36. The normalized spacial score (nSPS) is 13.7. The van der Waals surface area contributed by atoms with Crippen molar-refractivity contribution in [2.75, 3.05) is 0 Å². The van der Waals surface area contributed by atoms with Crippen molar-refractivity contribution in [2.45, 2.75) is 18.2 Å². The number of hydrogen-bond donors (Lipinski definition) is 0. The second-order valence-corrected chi connectivity index (χ2v) is 2.87. The maximum absolute atomic E-state index is 3.57. The van der Waals surface area contributed by atoms with E-state index in [0.717, 1.165) is 6.42 Å². The summed E-state index contributed by atoms with van der Waals surface area (Å²) in [5.41, 5.74) is 0. The van der Waals surface area contributed by atoms with E-state index >= 15 is 0 Å². The largest absolute Gasteiger partial charge is 0.103 e. The van der Waals surface area contributed by atoms with Crippen LogP contribution in [0.5, 0.6) is 0 Å². The van der Waals surface area contributed by atoms with Crippen LogP contribution in [-0.2, 0) is 0 Å². The number of rotatable bonds is 2. The summed E-state index contributed by atoms with van der Waals surface area (Å²) < 4.78 is 0. The van der Waals surface area contributed by atoms with Crippen molar-refractivity contribution in [1.29, 1.82) is 0 Å². The van der Waals surface area contributed by atoms with Crippen molar-refractivity contribution in [3.63, 3.8) is 0 Å². The van der Waals surface area contributed by atoms with Gasteiger partial charge in [0.2, 0.25) is 0 Å². The highest BCUT2D eigenvalue weighted by atomic mass is 79.9. The second-order valence-electron chi connectivity index (χ2n) is 1.31. The molecular weight excluding hydrogens is 140 g/mol. The maximum Gasteiger partial charge on any atom is 0.0151 e. The Hall–Kier alpha value is 0.220. The van der Waals surface area contributed by atoms with Crippen molar-refractivity contribution in [3.8, 4) is 0 Å². The minimum atomic E-state index is 0.593.